The summed E-state index contributed by atoms with van der Waals surface area (Å²) < 4.78 is 19.5. The van der Waals surface area contributed by atoms with Crippen LogP contribution in [0.3, 0.4) is 0 Å². The lowest BCUT2D eigenvalue weighted by atomic mass is 9.98. The summed E-state index contributed by atoms with van der Waals surface area (Å²) in [7, 11) is 1.77. The predicted octanol–water partition coefficient (Wildman–Crippen LogP) is 6.13. The second kappa shape index (κ2) is 10.5. The molecule has 2 heterocycles. The smallest absolute Gasteiger partial charge is 0.251 e. The molecule has 1 aliphatic rings. The van der Waals surface area contributed by atoms with Gasteiger partial charge in [0.05, 0.1) is 17.7 Å². The van der Waals surface area contributed by atoms with Gasteiger partial charge in [0.1, 0.15) is 12.4 Å². The van der Waals surface area contributed by atoms with Crippen LogP contribution in [0, 0.1) is 0 Å². The van der Waals surface area contributed by atoms with Crippen molar-refractivity contribution in [1.29, 1.82) is 0 Å². The van der Waals surface area contributed by atoms with E-state index in [0.717, 1.165) is 51.7 Å². The van der Waals surface area contributed by atoms with Crippen LogP contribution in [0.25, 0.3) is 22.0 Å². The van der Waals surface area contributed by atoms with Gasteiger partial charge in [0, 0.05) is 44.2 Å². The number of rotatable bonds is 7. The zero-order chi connectivity index (χ0) is 24.2. The molecule has 0 aliphatic carbocycles. The van der Waals surface area contributed by atoms with Crippen molar-refractivity contribution in [3.63, 3.8) is 0 Å². The molecule has 180 valence electrons. The van der Waals surface area contributed by atoms with Crippen LogP contribution in [-0.4, -0.2) is 24.4 Å². The Hall–Kier alpha value is -3.41. The minimum Gasteiger partial charge on any atom is -0.489 e. The SMILES string of the molecule is CCn1c(=O)cc(-c2ccccc2)c2ccc(OCc3cccc(C4CC(OC)CCO4)c3)cc21. The first-order valence-electron chi connectivity index (χ1n) is 12.3. The maximum absolute atomic E-state index is 12.9. The molecule has 4 aromatic rings. The molecule has 0 saturated carbocycles. The molecule has 35 heavy (non-hydrogen) atoms. The van der Waals surface area contributed by atoms with Crippen LogP contribution in [-0.2, 0) is 22.6 Å². The Kier molecular flexibility index (Phi) is 6.98. The summed E-state index contributed by atoms with van der Waals surface area (Å²) in [5.41, 5.74) is 5.08. The Labute approximate surface area is 205 Å². The van der Waals surface area contributed by atoms with Gasteiger partial charge < -0.3 is 18.8 Å². The highest BCUT2D eigenvalue weighted by Crippen LogP contribution is 2.31. The third-order valence-corrected chi connectivity index (χ3v) is 6.78. The van der Waals surface area contributed by atoms with Gasteiger partial charge in [0.2, 0.25) is 0 Å². The molecule has 5 rings (SSSR count). The Morgan fingerprint density at radius 3 is 2.66 bits per heavy atom. The predicted molar refractivity (Wildman–Crippen MR) is 139 cm³/mol. The molecule has 1 aromatic heterocycles. The summed E-state index contributed by atoms with van der Waals surface area (Å²) in [6.45, 7) is 3.74. The molecule has 2 atom stereocenters. The summed E-state index contributed by atoms with van der Waals surface area (Å²) in [4.78, 5) is 12.9. The molecule has 0 radical (unpaired) electrons. The first kappa shape index (κ1) is 23.3. The Morgan fingerprint density at radius 1 is 1.00 bits per heavy atom. The van der Waals surface area contributed by atoms with Gasteiger partial charge in [-0.1, -0.05) is 48.5 Å². The second-order valence-corrected chi connectivity index (χ2v) is 8.96. The second-order valence-electron chi connectivity index (χ2n) is 8.96. The van der Waals surface area contributed by atoms with Crippen LogP contribution < -0.4 is 10.3 Å². The van der Waals surface area contributed by atoms with Crippen LogP contribution in [0.15, 0.2) is 83.7 Å². The fourth-order valence-electron chi connectivity index (χ4n) is 4.90. The van der Waals surface area contributed by atoms with Gasteiger partial charge in [-0.15, -0.1) is 0 Å². The Morgan fingerprint density at radius 2 is 1.86 bits per heavy atom. The zero-order valence-electron chi connectivity index (χ0n) is 20.3. The van der Waals surface area contributed by atoms with Crippen LogP contribution in [0.2, 0.25) is 0 Å². The van der Waals surface area contributed by atoms with Crippen molar-refractivity contribution in [2.75, 3.05) is 13.7 Å². The highest BCUT2D eigenvalue weighted by atomic mass is 16.5. The fourth-order valence-corrected chi connectivity index (χ4v) is 4.90. The number of nitrogens with zero attached hydrogens (tertiary/aromatic N) is 1. The van der Waals surface area contributed by atoms with E-state index in [-0.39, 0.29) is 17.8 Å². The number of hydrogen-bond acceptors (Lipinski definition) is 4. The topological polar surface area (TPSA) is 49.7 Å². The number of benzene rings is 3. The number of aromatic nitrogens is 1. The molecule has 0 N–H and O–H groups in total. The van der Waals surface area contributed by atoms with Crippen LogP contribution in [0.1, 0.15) is 37.0 Å². The average Bonchev–Trinajstić information content (AvgIpc) is 2.92. The molecule has 0 amide bonds. The molecular formula is C30H31NO4. The van der Waals surface area contributed by atoms with Crippen molar-refractivity contribution in [3.05, 3.63) is 100 Å². The number of methoxy groups -OCH3 is 1. The number of aryl methyl sites for hydroxylation is 1. The quantitative estimate of drug-likeness (QED) is 0.327. The van der Waals surface area contributed by atoms with Crippen molar-refractivity contribution >= 4 is 10.9 Å². The molecule has 5 nitrogen and oxygen atoms in total. The Bertz CT molecular complexity index is 1360. The van der Waals surface area contributed by atoms with E-state index in [1.807, 2.05) is 49.4 Å². The van der Waals surface area contributed by atoms with Crippen molar-refractivity contribution in [3.8, 4) is 16.9 Å². The largest absolute Gasteiger partial charge is 0.489 e. The van der Waals surface area contributed by atoms with Gasteiger partial charge in [-0.3, -0.25) is 4.79 Å². The molecule has 3 aromatic carbocycles. The third-order valence-electron chi connectivity index (χ3n) is 6.78. The molecule has 2 unspecified atom stereocenters. The summed E-state index contributed by atoms with van der Waals surface area (Å²) in [5.74, 6) is 0.739. The van der Waals surface area contributed by atoms with E-state index in [1.54, 1.807) is 17.7 Å². The number of ether oxygens (including phenoxy) is 3. The molecule has 0 bridgehead atoms. The molecular weight excluding hydrogens is 438 g/mol. The normalized spacial score (nSPS) is 18.0. The van der Waals surface area contributed by atoms with E-state index in [9.17, 15) is 4.79 Å². The van der Waals surface area contributed by atoms with E-state index in [2.05, 4.69) is 30.3 Å². The summed E-state index contributed by atoms with van der Waals surface area (Å²) in [6.07, 6.45) is 2.09. The molecule has 5 heteroatoms. The van der Waals surface area contributed by atoms with Crippen LogP contribution in [0.5, 0.6) is 5.75 Å². The lowest BCUT2D eigenvalue weighted by molar-refractivity contribution is -0.0599. The van der Waals surface area contributed by atoms with Gasteiger partial charge in [-0.05, 0) is 53.8 Å². The lowest BCUT2D eigenvalue weighted by Gasteiger charge is -2.29. The highest BCUT2D eigenvalue weighted by molar-refractivity contribution is 5.95. The lowest BCUT2D eigenvalue weighted by Crippen LogP contribution is -2.25. The van der Waals surface area contributed by atoms with Gasteiger partial charge >= 0.3 is 0 Å². The van der Waals surface area contributed by atoms with Crippen molar-refractivity contribution in [1.82, 2.24) is 4.57 Å². The summed E-state index contributed by atoms with van der Waals surface area (Å²) in [5, 5.41) is 1.04. The highest BCUT2D eigenvalue weighted by Gasteiger charge is 2.23. The Balaban J connectivity index is 1.40. The molecule has 1 fully saturated rings. The van der Waals surface area contributed by atoms with Crippen LogP contribution >= 0.6 is 0 Å². The summed E-state index contributed by atoms with van der Waals surface area (Å²) in [6, 6.07) is 26.1. The number of fused-ring (bicyclic) bond motifs is 1. The average molecular weight is 470 g/mol. The molecule has 1 aliphatic heterocycles. The third kappa shape index (κ3) is 5.02. The monoisotopic (exact) mass is 469 g/mol. The van der Waals surface area contributed by atoms with Gasteiger partial charge in [0.25, 0.3) is 5.56 Å². The van der Waals surface area contributed by atoms with E-state index in [0.29, 0.717) is 19.8 Å². The first-order valence-corrected chi connectivity index (χ1v) is 12.3. The van der Waals surface area contributed by atoms with Gasteiger partial charge in [-0.25, -0.2) is 0 Å². The minimum atomic E-state index is -0.00875. The molecule has 1 saturated heterocycles. The van der Waals surface area contributed by atoms with E-state index >= 15 is 0 Å². The van der Waals surface area contributed by atoms with Gasteiger partial charge in [0.15, 0.2) is 0 Å². The van der Waals surface area contributed by atoms with Crippen molar-refractivity contribution in [2.24, 2.45) is 0 Å². The van der Waals surface area contributed by atoms with E-state index < -0.39 is 0 Å². The van der Waals surface area contributed by atoms with Crippen molar-refractivity contribution in [2.45, 2.75) is 45.1 Å². The van der Waals surface area contributed by atoms with E-state index in [4.69, 9.17) is 14.2 Å². The van der Waals surface area contributed by atoms with E-state index in [1.165, 1.54) is 0 Å². The first-order chi connectivity index (χ1) is 17.2. The maximum Gasteiger partial charge on any atom is 0.251 e. The molecule has 0 spiro atoms. The zero-order valence-corrected chi connectivity index (χ0v) is 20.3. The van der Waals surface area contributed by atoms with Gasteiger partial charge in [-0.2, -0.15) is 0 Å². The minimum absolute atomic E-state index is 0.00875. The summed E-state index contributed by atoms with van der Waals surface area (Å²) >= 11 is 0. The fraction of sp³-hybridized carbons (Fsp3) is 0.300. The number of hydrogen-bond donors (Lipinski definition) is 0. The number of pyridine rings is 1. The maximum atomic E-state index is 12.9. The standard InChI is InChI=1S/C30H31NO4/c1-3-31-28-17-25(12-13-26(28)27(19-30(31)32)22-9-5-4-6-10-22)35-20-21-8-7-11-23(16-21)29-18-24(33-2)14-15-34-29/h4-13,16-17,19,24,29H,3,14-15,18,20H2,1-2H3. The van der Waals surface area contributed by atoms with Crippen molar-refractivity contribution < 1.29 is 14.2 Å². The van der Waals surface area contributed by atoms with Crippen LogP contribution in [0.4, 0.5) is 0 Å².